The van der Waals surface area contributed by atoms with E-state index in [1.54, 1.807) is 25.3 Å². The van der Waals surface area contributed by atoms with Crippen LogP contribution in [0.25, 0.3) is 0 Å². The Morgan fingerprint density at radius 3 is 2.30 bits per heavy atom. The first kappa shape index (κ1) is 16.7. The van der Waals surface area contributed by atoms with Crippen LogP contribution < -0.4 is 19.5 Å². The maximum atomic E-state index is 12.0. The van der Waals surface area contributed by atoms with Gasteiger partial charge in [0.15, 0.2) is 6.61 Å². The van der Waals surface area contributed by atoms with Crippen molar-refractivity contribution in [3.05, 3.63) is 48.0 Å². The molecule has 0 aromatic heterocycles. The summed E-state index contributed by atoms with van der Waals surface area (Å²) in [6.45, 7) is 2.02. The van der Waals surface area contributed by atoms with Crippen LogP contribution in [0.4, 0.5) is 5.69 Å². The van der Waals surface area contributed by atoms with Crippen LogP contribution >= 0.6 is 0 Å². The highest BCUT2D eigenvalue weighted by atomic mass is 16.5. The molecule has 1 amide bonds. The van der Waals surface area contributed by atoms with Crippen molar-refractivity contribution in [3.63, 3.8) is 0 Å². The van der Waals surface area contributed by atoms with Crippen molar-refractivity contribution in [2.75, 3.05) is 26.1 Å². The highest BCUT2D eigenvalue weighted by Crippen LogP contribution is 2.28. The van der Waals surface area contributed by atoms with Crippen LogP contribution in [0.1, 0.15) is 12.5 Å². The molecule has 0 bridgehead atoms. The average molecular weight is 315 g/mol. The fraction of sp³-hybridized carbons (Fsp3) is 0.278. The van der Waals surface area contributed by atoms with E-state index in [-0.39, 0.29) is 12.5 Å². The van der Waals surface area contributed by atoms with E-state index in [2.05, 4.69) is 12.2 Å². The third kappa shape index (κ3) is 4.64. The maximum absolute atomic E-state index is 12.0. The van der Waals surface area contributed by atoms with Crippen LogP contribution in [0.15, 0.2) is 42.5 Å². The zero-order chi connectivity index (χ0) is 16.7. The number of rotatable bonds is 7. The quantitative estimate of drug-likeness (QED) is 0.852. The van der Waals surface area contributed by atoms with E-state index in [1.807, 2.05) is 24.3 Å². The lowest BCUT2D eigenvalue weighted by Crippen LogP contribution is -2.20. The fourth-order valence-electron chi connectivity index (χ4n) is 2.06. The van der Waals surface area contributed by atoms with Gasteiger partial charge in [0.1, 0.15) is 17.2 Å². The van der Waals surface area contributed by atoms with Crippen LogP contribution in [-0.4, -0.2) is 26.7 Å². The van der Waals surface area contributed by atoms with Crippen molar-refractivity contribution in [3.8, 4) is 17.2 Å². The van der Waals surface area contributed by atoms with Crippen molar-refractivity contribution in [1.29, 1.82) is 0 Å². The number of amides is 1. The molecular formula is C18H21NO4. The van der Waals surface area contributed by atoms with Crippen LogP contribution in [0.3, 0.4) is 0 Å². The second-order valence-corrected chi connectivity index (χ2v) is 4.90. The van der Waals surface area contributed by atoms with Gasteiger partial charge in [0.2, 0.25) is 0 Å². The third-order valence-electron chi connectivity index (χ3n) is 3.38. The number of benzene rings is 2. The Labute approximate surface area is 136 Å². The minimum atomic E-state index is -0.256. The predicted molar refractivity (Wildman–Crippen MR) is 89.5 cm³/mol. The van der Waals surface area contributed by atoms with E-state index in [0.717, 1.165) is 6.42 Å². The van der Waals surface area contributed by atoms with Crippen molar-refractivity contribution < 1.29 is 19.0 Å². The molecule has 0 atom stereocenters. The highest BCUT2D eigenvalue weighted by Gasteiger charge is 2.09. The molecule has 122 valence electrons. The fourth-order valence-corrected chi connectivity index (χ4v) is 2.06. The van der Waals surface area contributed by atoms with Gasteiger partial charge in [0.05, 0.1) is 19.9 Å². The molecule has 0 radical (unpaired) electrons. The number of anilines is 1. The van der Waals surface area contributed by atoms with Gasteiger partial charge in [-0.05, 0) is 36.2 Å². The number of hydrogen-bond acceptors (Lipinski definition) is 4. The number of carbonyl (C=O) groups excluding carboxylic acids is 1. The Bertz CT molecular complexity index is 653. The van der Waals surface area contributed by atoms with E-state index in [1.165, 1.54) is 12.7 Å². The SMILES string of the molecule is CCc1ccc(OCC(=O)Nc2ccc(OC)cc2OC)cc1. The van der Waals surface area contributed by atoms with Crippen molar-refractivity contribution >= 4 is 11.6 Å². The molecule has 0 unspecified atom stereocenters. The zero-order valence-corrected chi connectivity index (χ0v) is 13.6. The molecule has 5 nitrogen and oxygen atoms in total. The van der Waals surface area contributed by atoms with Gasteiger partial charge in [0, 0.05) is 6.07 Å². The summed E-state index contributed by atoms with van der Waals surface area (Å²) in [6, 6.07) is 12.9. The first-order valence-corrected chi connectivity index (χ1v) is 7.40. The second-order valence-electron chi connectivity index (χ2n) is 4.90. The summed E-state index contributed by atoms with van der Waals surface area (Å²) in [5.41, 5.74) is 1.80. The molecule has 23 heavy (non-hydrogen) atoms. The molecule has 0 fully saturated rings. The van der Waals surface area contributed by atoms with Gasteiger partial charge >= 0.3 is 0 Å². The molecule has 0 saturated carbocycles. The van der Waals surface area contributed by atoms with Crippen LogP contribution in [0, 0.1) is 0 Å². The normalized spacial score (nSPS) is 10.0. The van der Waals surface area contributed by atoms with E-state index < -0.39 is 0 Å². The molecule has 0 aliphatic heterocycles. The summed E-state index contributed by atoms with van der Waals surface area (Å²) in [5.74, 6) is 1.60. The summed E-state index contributed by atoms with van der Waals surface area (Å²) >= 11 is 0. The van der Waals surface area contributed by atoms with E-state index in [4.69, 9.17) is 14.2 Å². The monoisotopic (exact) mass is 315 g/mol. The number of methoxy groups -OCH3 is 2. The van der Waals surface area contributed by atoms with Gasteiger partial charge in [-0.15, -0.1) is 0 Å². The molecule has 0 aliphatic carbocycles. The van der Waals surface area contributed by atoms with E-state index in [9.17, 15) is 4.79 Å². The second kappa shape index (κ2) is 8.08. The largest absolute Gasteiger partial charge is 0.497 e. The first-order chi connectivity index (χ1) is 11.2. The van der Waals surface area contributed by atoms with Crippen molar-refractivity contribution in [2.45, 2.75) is 13.3 Å². The molecule has 1 N–H and O–H groups in total. The molecule has 2 aromatic rings. The molecule has 5 heteroatoms. The van der Waals surface area contributed by atoms with Crippen LogP contribution in [0.5, 0.6) is 17.2 Å². The predicted octanol–water partition coefficient (Wildman–Crippen LogP) is 3.28. The zero-order valence-electron chi connectivity index (χ0n) is 13.6. The number of carbonyl (C=O) groups is 1. The van der Waals surface area contributed by atoms with Gasteiger partial charge in [-0.1, -0.05) is 19.1 Å². The molecule has 0 saturated heterocycles. The topological polar surface area (TPSA) is 56.8 Å². The molecule has 0 spiro atoms. The number of hydrogen-bond donors (Lipinski definition) is 1. The van der Waals surface area contributed by atoms with Crippen molar-refractivity contribution in [1.82, 2.24) is 0 Å². The molecule has 2 rings (SSSR count). The van der Waals surface area contributed by atoms with Gasteiger partial charge < -0.3 is 19.5 Å². The van der Waals surface area contributed by atoms with E-state index >= 15 is 0 Å². The minimum absolute atomic E-state index is 0.0688. The van der Waals surface area contributed by atoms with Gasteiger partial charge in [-0.2, -0.15) is 0 Å². The van der Waals surface area contributed by atoms with Crippen LogP contribution in [0.2, 0.25) is 0 Å². The lowest BCUT2D eigenvalue weighted by molar-refractivity contribution is -0.118. The summed E-state index contributed by atoms with van der Waals surface area (Å²) < 4.78 is 15.8. The molecule has 0 heterocycles. The smallest absolute Gasteiger partial charge is 0.262 e. The Hall–Kier alpha value is -2.69. The van der Waals surface area contributed by atoms with Gasteiger partial charge in [0.25, 0.3) is 5.91 Å². The Kier molecular flexibility index (Phi) is 5.86. The molecule has 0 aliphatic rings. The first-order valence-electron chi connectivity index (χ1n) is 7.40. The molecule has 2 aromatic carbocycles. The van der Waals surface area contributed by atoms with Crippen molar-refractivity contribution in [2.24, 2.45) is 0 Å². The van der Waals surface area contributed by atoms with Gasteiger partial charge in [-0.3, -0.25) is 4.79 Å². The van der Waals surface area contributed by atoms with Crippen LogP contribution in [-0.2, 0) is 11.2 Å². The Balaban J connectivity index is 1.93. The summed E-state index contributed by atoms with van der Waals surface area (Å²) in [5, 5.41) is 2.76. The number of ether oxygens (including phenoxy) is 3. The highest BCUT2D eigenvalue weighted by molar-refractivity contribution is 5.93. The third-order valence-corrected chi connectivity index (χ3v) is 3.38. The number of aryl methyl sites for hydroxylation is 1. The summed E-state index contributed by atoms with van der Waals surface area (Å²) in [6.07, 6.45) is 0.970. The summed E-state index contributed by atoms with van der Waals surface area (Å²) in [4.78, 5) is 12.0. The minimum Gasteiger partial charge on any atom is -0.497 e. The lowest BCUT2D eigenvalue weighted by Gasteiger charge is -2.12. The Morgan fingerprint density at radius 2 is 1.70 bits per heavy atom. The maximum Gasteiger partial charge on any atom is 0.262 e. The average Bonchev–Trinajstić information content (AvgIpc) is 2.60. The molecular weight excluding hydrogens is 294 g/mol. The standard InChI is InChI=1S/C18H21NO4/c1-4-13-5-7-14(8-6-13)23-12-18(20)19-16-10-9-15(21-2)11-17(16)22-3/h5-11H,4,12H2,1-3H3,(H,19,20). The van der Waals surface area contributed by atoms with Gasteiger partial charge in [-0.25, -0.2) is 0 Å². The van der Waals surface area contributed by atoms with E-state index in [0.29, 0.717) is 22.9 Å². The summed E-state index contributed by atoms with van der Waals surface area (Å²) in [7, 11) is 3.11. The number of nitrogens with one attached hydrogen (secondary N) is 1. The Morgan fingerprint density at radius 1 is 1.00 bits per heavy atom. The lowest BCUT2D eigenvalue weighted by atomic mass is 10.2.